The topological polar surface area (TPSA) is 97.7 Å². The summed E-state index contributed by atoms with van der Waals surface area (Å²) in [6.07, 6.45) is 0. The third kappa shape index (κ3) is 4.92. The first-order chi connectivity index (χ1) is 20.2. The number of hydrogen-bond donors (Lipinski definition) is 1. The van der Waals surface area contributed by atoms with Crippen molar-refractivity contribution >= 4 is 75.4 Å². The number of aromatic nitrogens is 1. The molecule has 3 amide bonds. The van der Waals surface area contributed by atoms with Crippen LogP contribution in [0.1, 0.15) is 21.9 Å². The molecule has 0 unspecified atom stereocenters. The van der Waals surface area contributed by atoms with Crippen molar-refractivity contribution in [3.63, 3.8) is 0 Å². The van der Waals surface area contributed by atoms with E-state index in [1.807, 2.05) is 25.1 Å². The molecule has 4 aromatic rings. The van der Waals surface area contributed by atoms with Crippen molar-refractivity contribution in [1.82, 2.24) is 4.57 Å². The number of ether oxygens (including phenoxy) is 1. The second-order valence-corrected chi connectivity index (χ2v) is 12.8. The molecular formula is C30H23Cl2N3O5S2. The number of methoxy groups -OCH3 is 1. The zero-order valence-electron chi connectivity index (χ0n) is 22.3. The first-order valence-corrected chi connectivity index (χ1v) is 15.4. The molecule has 8 nitrogen and oxygen atoms in total. The molecule has 0 radical (unpaired) electrons. The summed E-state index contributed by atoms with van der Waals surface area (Å²) in [7, 11) is 1.53. The van der Waals surface area contributed by atoms with E-state index in [-0.39, 0.29) is 16.4 Å². The van der Waals surface area contributed by atoms with Crippen LogP contribution < -0.4 is 19.8 Å². The molecular weight excluding hydrogens is 617 g/mol. The third-order valence-corrected chi connectivity index (χ3v) is 10.7. The zero-order chi connectivity index (χ0) is 29.7. The minimum atomic E-state index is -0.854. The Hall–Kier alpha value is -3.57. The number of fused-ring (bicyclic) bond motifs is 2. The molecule has 6 rings (SSSR count). The van der Waals surface area contributed by atoms with Crippen LogP contribution in [0.5, 0.6) is 5.75 Å². The second kappa shape index (κ2) is 11.3. The lowest BCUT2D eigenvalue weighted by Crippen LogP contribution is -2.33. The molecule has 42 heavy (non-hydrogen) atoms. The van der Waals surface area contributed by atoms with Crippen LogP contribution in [-0.2, 0) is 20.9 Å². The van der Waals surface area contributed by atoms with E-state index in [2.05, 4.69) is 5.32 Å². The van der Waals surface area contributed by atoms with E-state index in [1.165, 1.54) is 16.6 Å². The molecule has 0 aliphatic carbocycles. The number of thioether (sulfide) groups is 1. The number of benzene rings is 3. The molecule has 0 bridgehead atoms. The predicted octanol–water partition coefficient (Wildman–Crippen LogP) is 5.97. The Morgan fingerprint density at radius 2 is 1.74 bits per heavy atom. The van der Waals surface area contributed by atoms with E-state index in [0.29, 0.717) is 37.6 Å². The van der Waals surface area contributed by atoms with Crippen LogP contribution in [0.3, 0.4) is 0 Å². The highest BCUT2D eigenvalue weighted by Gasteiger charge is 2.57. The van der Waals surface area contributed by atoms with Crippen LogP contribution in [0.25, 0.3) is 0 Å². The highest BCUT2D eigenvalue weighted by Crippen LogP contribution is 2.55. The lowest BCUT2D eigenvalue weighted by atomic mass is 9.83. The van der Waals surface area contributed by atoms with Gasteiger partial charge >= 0.3 is 4.87 Å². The average molecular weight is 641 g/mol. The number of halogens is 2. The smallest absolute Gasteiger partial charge is 0.308 e. The summed E-state index contributed by atoms with van der Waals surface area (Å²) in [6.45, 7) is 1.65. The van der Waals surface area contributed by atoms with E-state index >= 15 is 0 Å². The molecule has 0 spiro atoms. The van der Waals surface area contributed by atoms with Gasteiger partial charge in [0.15, 0.2) is 0 Å². The lowest BCUT2D eigenvalue weighted by Gasteiger charge is -2.31. The van der Waals surface area contributed by atoms with E-state index < -0.39 is 34.8 Å². The summed E-state index contributed by atoms with van der Waals surface area (Å²) < 4.78 is 6.59. The van der Waals surface area contributed by atoms with Gasteiger partial charge in [0.25, 0.3) is 0 Å². The number of carbonyl (C=O) groups is 3. The predicted molar refractivity (Wildman–Crippen MR) is 165 cm³/mol. The number of carbonyl (C=O) groups excluding carboxylic acids is 3. The summed E-state index contributed by atoms with van der Waals surface area (Å²) >= 11 is 15.1. The number of hydrogen-bond acceptors (Lipinski definition) is 7. The maximum atomic E-state index is 14.0. The van der Waals surface area contributed by atoms with Gasteiger partial charge in [-0.05, 0) is 60.5 Å². The third-order valence-electron chi connectivity index (χ3n) is 7.30. The van der Waals surface area contributed by atoms with Crippen molar-refractivity contribution in [2.45, 2.75) is 29.7 Å². The highest BCUT2D eigenvalue weighted by atomic mass is 35.5. The number of rotatable bonds is 6. The van der Waals surface area contributed by atoms with Crippen LogP contribution in [-0.4, -0.2) is 34.6 Å². The quantitative estimate of drug-likeness (QED) is 0.261. The van der Waals surface area contributed by atoms with Gasteiger partial charge in [-0.25, -0.2) is 4.90 Å². The van der Waals surface area contributed by atoms with Crippen molar-refractivity contribution in [2.24, 2.45) is 5.92 Å². The van der Waals surface area contributed by atoms with Crippen molar-refractivity contribution in [3.05, 3.63) is 102 Å². The Morgan fingerprint density at radius 3 is 2.45 bits per heavy atom. The minimum absolute atomic E-state index is 0.244. The first kappa shape index (κ1) is 28.5. The van der Waals surface area contributed by atoms with Gasteiger partial charge < -0.3 is 10.1 Å². The molecule has 1 aromatic heterocycles. The number of aryl methyl sites for hydroxylation is 1. The van der Waals surface area contributed by atoms with E-state index in [4.69, 9.17) is 27.9 Å². The molecule has 2 aliphatic heterocycles. The molecule has 1 saturated heterocycles. The standard InChI is InChI=1S/C30H23Cl2N3O5S2/c1-15-5-3-6-16(13-15)33-21(36)14-34-29-26(42-30(34)39)22(19-7-4-8-20(31)24(19)32)23-25(41-29)28(38)35(27(23)37)17-9-11-18(40-2)12-10-17/h3-13,22-23,25H,14H2,1-2H3,(H,33,36)/t22-,23-,25+/m0/s1. The molecule has 214 valence electrons. The van der Waals surface area contributed by atoms with Gasteiger partial charge in [-0.15, -0.1) is 0 Å². The fourth-order valence-corrected chi connectivity index (χ4v) is 8.59. The van der Waals surface area contributed by atoms with Crippen LogP contribution in [0.4, 0.5) is 11.4 Å². The van der Waals surface area contributed by atoms with Gasteiger partial charge in [0, 0.05) is 16.5 Å². The monoisotopic (exact) mass is 639 g/mol. The van der Waals surface area contributed by atoms with E-state index in [1.54, 1.807) is 48.5 Å². The molecule has 3 atom stereocenters. The Balaban J connectivity index is 1.43. The summed E-state index contributed by atoms with van der Waals surface area (Å²) in [5, 5.41) is 2.98. The SMILES string of the molecule is COc1ccc(N2C(=O)[C@H]3[C@H](c4cccc(Cl)c4Cl)c4sc(=O)n(CC(=O)Nc5cccc(C)c5)c4S[C@H]3C2=O)cc1. The van der Waals surface area contributed by atoms with Crippen LogP contribution in [0, 0.1) is 12.8 Å². The maximum absolute atomic E-state index is 14.0. The molecule has 2 aliphatic rings. The fraction of sp³-hybridized carbons (Fsp3) is 0.200. The second-order valence-electron chi connectivity index (χ2n) is 9.94. The van der Waals surface area contributed by atoms with Crippen LogP contribution in [0.15, 0.2) is 76.6 Å². The summed E-state index contributed by atoms with van der Waals surface area (Å²) in [4.78, 5) is 55.7. The molecule has 3 heterocycles. The first-order valence-electron chi connectivity index (χ1n) is 12.9. The number of imide groups is 1. The van der Waals surface area contributed by atoms with Crippen LogP contribution in [0.2, 0.25) is 10.0 Å². The zero-order valence-corrected chi connectivity index (χ0v) is 25.4. The van der Waals surface area contributed by atoms with Gasteiger partial charge in [0.2, 0.25) is 17.7 Å². The average Bonchev–Trinajstić information content (AvgIpc) is 3.41. The summed E-state index contributed by atoms with van der Waals surface area (Å²) in [5.41, 5.74) is 2.54. The Morgan fingerprint density at radius 1 is 1.00 bits per heavy atom. The number of thiazole rings is 1. The van der Waals surface area contributed by atoms with Gasteiger partial charge in [-0.1, -0.05) is 70.6 Å². The van der Waals surface area contributed by atoms with Gasteiger partial charge in [-0.2, -0.15) is 0 Å². The fourth-order valence-electron chi connectivity index (χ4n) is 5.40. The lowest BCUT2D eigenvalue weighted by molar-refractivity contribution is -0.122. The maximum Gasteiger partial charge on any atom is 0.308 e. The molecule has 12 heteroatoms. The Bertz CT molecular complexity index is 1800. The summed E-state index contributed by atoms with van der Waals surface area (Å²) in [5.74, 6) is -2.20. The normalized spacial score (nSPS) is 19.4. The van der Waals surface area contributed by atoms with Crippen molar-refractivity contribution < 1.29 is 19.1 Å². The van der Waals surface area contributed by atoms with E-state index in [9.17, 15) is 19.2 Å². The largest absolute Gasteiger partial charge is 0.497 e. The van der Waals surface area contributed by atoms with Crippen molar-refractivity contribution in [3.8, 4) is 5.75 Å². The van der Waals surface area contributed by atoms with Crippen molar-refractivity contribution in [2.75, 3.05) is 17.3 Å². The minimum Gasteiger partial charge on any atom is -0.497 e. The van der Waals surface area contributed by atoms with Crippen LogP contribution >= 0.6 is 46.3 Å². The number of nitrogens with one attached hydrogen (secondary N) is 1. The van der Waals surface area contributed by atoms with Gasteiger partial charge in [0.1, 0.15) is 17.5 Å². The van der Waals surface area contributed by atoms with Gasteiger partial charge in [-0.3, -0.25) is 23.7 Å². The number of nitrogens with zero attached hydrogens (tertiary/aromatic N) is 2. The summed E-state index contributed by atoms with van der Waals surface area (Å²) in [6, 6.07) is 19.1. The number of anilines is 2. The van der Waals surface area contributed by atoms with Gasteiger partial charge in [0.05, 0.1) is 33.8 Å². The Kier molecular flexibility index (Phi) is 7.65. The van der Waals surface area contributed by atoms with Crippen molar-refractivity contribution in [1.29, 1.82) is 0 Å². The highest BCUT2D eigenvalue weighted by molar-refractivity contribution is 8.00. The molecule has 1 fully saturated rings. The van der Waals surface area contributed by atoms with E-state index in [0.717, 1.165) is 28.7 Å². The number of amides is 3. The Labute approximate surface area is 259 Å². The molecule has 3 aromatic carbocycles. The molecule has 0 saturated carbocycles. The molecule has 1 N–H and O–H groups in total.